The molecular formula is C17H23NO3S. The Morgan fingerprint density at radius 3 is 2.59 bits per heavy atom. The smallest absolute Gasteiger partial charge is 0.243 e. The summed E-state index contributed by atoms with van der Waals surface area (Å²) in [6.07, 6.45) is 2.60. The van der Waals surface area contributed by atoms with Gasteiger partial charge in [0.1, 0.15) is 0 Å². The second-order valence-electron chi connectivity index (χ2n) is 5.59. The highest BCUT2D eigenvalue weighted by Gasteiger charge is 2.25. The molecule has 0 bridgehead atoms. The summed E-state index contributed by atoms with van der Waals surface area (Å²) in [6.45, 7) is 9.61. The summed E-state index contributed by atoms with van der Waals surface area (Å²) in [5.41, 5.74) is 2.83. The Hall–Kier alpha value is -1.43. The highest BCUT2D eigenvalue weighted by Crippen LogP contribution is 2.20. The van der Waals surface area contributed by atoms with Crippen molar-refractivity contribution in [3.63, 3.8) is 0 Å². The maximum absolute atomic E-state index is 12.9. The van der Waals surface area contributed by atoms with E-state index in [1.54, 1.807) is 12.1 Å². The summed E-state index contributed by atoms with van der Waals surface area (Å²) in [4.78, 5) is 0.333. The monoisotopic (exact) mass is 321 g/mol. The van der Waals surface area contributed by atoms with Crippen LogP contribution in [0.15, 0.2) is 53.0 Å². The fourth-order valence-electron chi connectivity index (χ4n) is 2.29. The number of hydrogen-bond donors (Lipinski definition) is 0. The fraction of sp³-hybridized carbons (Fsp3) is 0.412. The van der Waals surface area contributed by atoms with Crippen LogP contribution < -0.4 is 0 Å². The van der Waals surface area contributed by atoms with Crippen LogP contribution in [0.5, 0.6) is 0 Å². The van der Waals surface area contributed by atoms with Gasteiger partial charge in [-0.25, -0.2) is 8.42 Å². The first-order valence-corrected chi connectivity index (χ1v) is 8.85. The van der Waals surface area contributed by atoms with Gasteiger partial charge in [-0.3, -0.25) is 0 Å². The normalized spacial score (nSPS) is 20.4. The molecule has 0 radical (unpaired) electrons. The first kappa shape index (κ1) is 16.9. The van der Waals surface area contributed by atoms with Crippen molar-refractivity contribution in [2.24, 2.45) is 0 Å². The van der Waals surface area contributed by atoms with E-state index >= 15 is 0 Å². The van der Waals surface area contributed by atoms with Crippen LogP contribution >= 0.6 is 0 Å². The molecule has 22 heavy (non-hydrogen) atoms. The molecule has 0 atom stereocenters. The summed E-state index contributed by atoms with van der Waals surface area (Å²) in [5, 5.41) is 0. The zero-order valence-corrected chi connectivity index (χ0v) is 14.0. The Kier molecular flexibility index (Phi) is 5.56. The molecule has 0 aliphatic carbocycles. The molecule has 0 saturated heterocycles. The molecule has 0 saturated carbocycles. The van der Waals surface area contributed by atoms with Crippen molar-refractivity contribution in [1.82, 2.24) is 4.31 Å². The van der Waals surface area contributed by atoms with E-state index in [4.69, 9.17) is 4.74 Å². The molecule has 0 amide bonds. The maximum atomic E-state index is 12.9. The van der Waals surface area contributed by atoms with E-state index in [0.717, 1.165) is 16.7 Å². The van der Waals surface area contributed by atoms with Crippen LogP contribution in [0, 0.1) is 6.92 Å². The molecule has 0 unspecified atom stereocenters. The first-order chi connectivity index (χ1) is 10.4. The lowest BCUT2D eigenvalue weighted by Gasteiger charge is -2.23. The van der Waals surface area contributed by atoms with Gasteiger partial charge in [0.2, 0.25) is 10.0 Å². The summed E-state index contributed by atoms with van der Waals surface area (Å²) in [7, 11) is -3.51. The maximum Gasteiger partial charge on any atom is 0.243 e. The lowest BCUT2D eigenvalue weighted by atomic mass is 10.1. The van der Waals surface area contributed by atoms with E-state index in [2.05, 4.69) is 6.58 Å². The van der Waals surface area contributed by atoms with Gasteiger partial charge in [0.15, 0.2) is 0 Å². The molecule has 5 heteroatoms. The lowest BCUT2D eigenvalue weighted by Crippen LogP contribution is -2.34. The SMILES string of the molecule is C=C(C)/C1=C/COCCCN(S(=O)(=O)c2ccc(C)cc2)C1. The van der Waals surface area contributed by atoms with Gasteiger partial charge >= 0.3 is 0 Å². The van der Waals surface area contributed by atoms with Gasteiger partial charge in [0.25, 0.3) is 0 Å². The quantitative estimate of drug-likeness (QED) is 0.860. The lowest BCUT2D eigenvalue weighted by molar-refractivity contribution is 0.157. The van der Waals surface area contributed by atoms with Gasteiger partial charge in [-0.05, 0) is 38.0 Å². The van der Waals surface area contributed by atoms with Crippen LogP contribution in [0.4, 0.5) is 0 Å². The number of benzene rings is 1. The molecule has 1 aromatic rings. The minimum Gasteiger partial charge on any atom is -0.377 e. The largest absolute Gasteiger partial charge is 0.377 e. The van der Waals surface area contributed by atoms with Crippen LogP contribution in [0.3, 0.4) is 0 Å². The van der Waals surface area contributed by atoms with Crippen LogP contribution in [-0.4, -0.2) is 39.0 Å². The third kappa shape index (κ3) is 4.06. The second kappa shape index (κ2) is 7.22. The molecule has 2 rings (SSSR count). The molecule has 1 heterocycles. The average Bonchev–Trinajstić information content (AvgIpc) is 2.59. The first-order valence-electron chi connectivity index (χ1n) is 7.41. The zero-order chi connectivity index (χ0) is 16.2. The summed E-state index contributed by atoms with van der Waals surface area (Å²) >= 11 is 0. The third-order valence-electron chi connectivity index (χ3n) is 3.70. The van der Waals surface area contributed by atoms with E-state index in [0.29, 0.717) is 37.6 Å². The Labute approximate surface area is 133 Å². The van der Waals surface area contributed by atoms with Gasteiger partial charge in [-0.15, -0.1) is 0 Å². The van der Waals surface area contributed by atoms with Crippen LogP contribution in [0.2, 0.25) is 0 Å². The van der Waals surface area contributed by atoms with Crippen molar-refractivity contribution in [2.45, 2.75) is 25.2 Å². The summed E-state index contributed by atoms with van der Waals surface area (Å²) in [5.74, 6) is 0. The minimum absolute atomic E-state index is 0.333. The number of hydrogen-bond acceptors (Lipinski definition) is 3. The molecule has 0 aromatic heterocycles. The second-order valence-corrected chi connectivity index (χ2v) is 7.53. The molecule has 120 valence electrons. The highest BCUT2D eigenvalue weighted by molar-refractivity contribution is 7.89. The Bertz CT molecular complexity index is 660. The van der Waals surface area contributed by atoms with Crippen LogP contribution in [0.25, 0.3) is 0 Å². The molecule has 0 fully saturated rings. The fourth-order valence-corrected chi connectivity index (χ4v) is 3.75. The average molecular weight is 321 g/mol. The summed E-state index contributed by atoms with van der Waals surface area (Å²) in [6, 6.07) is 6.97. The van der Waals surface area contributed by atoms with Crippen molar-refractivity contribution < 1.29 is 13.2 Å². The van der Waals surface area contributed by atoms with Crippen molar-refractivity contribution >= 4 is 10.0 Å². The number of rotatable bonds is 3. The minimum atomic E-state index is -3.51. The van der Waals surface area contributed by atoms with E-state index in [9.17, 15) is 8.42 Å². The van der Waals surface area contributed by atoms with E-state index in [1.165, 1.54) is 4.31 Å². The number of ether oxygens (including phenoxy) is 1. The number of nitrogens with zero attached hydrogens (tertiary/aromatic N) is 1. The summed E-state index contributed by atoms with van der Waals surface area (Å²) < 4.78 is 32.7. The zero-order valence-electron chi connectivity index (χ0n) is 13.2. The van der Waals surface area contributed by atoms with Crippen LogP contribution in [-0.2, 0) is 14.8 Å². The molecule has 4 nitrogen and oxygen atoms in total. The number of sulfonamides is 1. The molecule has 0 N–H and O–H groups in total. The van der Waals surface area contributed by atoms with Gasteiger partial charge in [0.05, 0.1) is 11.5 Å². The Morgan fingerprint density at radius 2 is 1.95 bits per heavy atom. The van der Waals surface area contributed by atoms with E-state index in [-0.39, 0.29) is 0 Å². The Balaban J connectivity index is 2.33. The molecule has 0 spiro atoms. The third-order valence-corrected chi connectivity index (χ3v) is 5.56. The molecule has 1 aliphatic rings. The standard InChI is InChI=1S/C17H23NO3S/c1-14(2)16-9-12-21-11-4-10-18(13-16)22(19,20)17-7-5-15(3)6-8-17/h5-9H,1,4,10-13H2,2-3H3/b16-9+. The van der Waals surface area contributed by atoms with Gasteiger partial charge in [-0.1, -0.05) is 35.9 Å². The molecular weight excluding hydrogens is 298 g/mol. The van der Waals surface area contributed by atoms with Gasteiger partial charge < -0.3 is 4.74 Å². The van der Waals surface area contributed by atoms with Crippen molar-refractivity contribution in [3.05, 3.63) is 53.6 Å². The van der Waals surface area contributed by atoms with Crippen molar-refractivity contribution in [2.75, 3.05) is 26.3 Å². The molecule has 1 aromatic carbocycles. The number of aryl methyl sites for hydroxylation is 1. The Morgan fingerprint density at radius 1 is 1.27 bits per heavy atom. The van der Waals surface area contributed by atoms with Crippen LogP contribution in [0.1, 0.15) is 18.9 Å². The van der Waals surface area contributed by atoms with Crippen molar-refractivity contribution in [1.29, 1.82) is 0 Å². The van der Waals surface area contributed by atoms with Crippen molar-refractivity contribution in [3.8, 4) is 0 Å². The van der Waals surface area contributed by atoms with Gasteiger partial charge in [-0.2, -0.15) is 4.31 Å². The van der Waals surface area contributed by atoms with Gasteiger partial charge in [0, 0.05) is 19.7 Å². The van der Waals surface area contributed by atoms with E-state index in [1.807, 2.05) is 32.1 Å². The predicted octanol–water partition coefficient (Wildman–Crippen LogP) is 2.91. The predicted molar refractivity (Wildman–Crippen MR) is 88.3 cm³/mol. The highest BCUT2D eigenvalue weighted by atomic mass is 32.2. The topological polar surface area (TPSA) is 46.6 Å². The van der Waals surface area contributed by atoms with E-state index < -0.39 is 10.0 Å². The molecule has 1 aliphatic heterocycles.